The number of hydrogen-bond donors (Lipinski definition) is 1. The summed E-state index contributed by atoms with van der Waals surface area (Å²) in [6.45, 7) is 2.03. The van der Waals surface area contributed by atoms with E-state index in [2.05, 4.69) is 35.6 Å². The summed E-state index contributed by atoms with van der Waals surface area (Å²) < 4.78 is 0. The molecule has 1 aliphatic heterocycles. The van der Waals surface area contributed by atoms with Crippen molar-refractivity contribution in [2.75, 3.05) is 25.9 Å². The largest absolute Gasteiger partial charge is 0.342 e. The minimum absolute atomic E-state index is 0. The quantitative estimate of drug-likeness (QED) is 0.856. The zero-order valence-corrected chi connectivity index (χ0v) is 15.0. The van der Waals surface area contributed by atoms with Gasteiger partial charge in [-0.1, -0.05) is 30.3 Å². The first-order chi connectivity index (χ1) is 10.7. The average molecular weight is 351 g/mol. The second-order valence-corrected chi connectivity index (χ2v) is 6.83. The average Bonchev–Trinajstić information content (AvgIpc) is 2.59. The van der Waals surface area contributed by atoms with E-state index in [1.54, 1.807) is 11.8 Å². The molecule has 0 radical (unpaired) electrons. The number of benzene rings is 2. The molecule has 1 saturated heterocycles. The molecule has 0 aromatic heterocycles. The molecule has 2 aromatic rings. The van der Waals surface area contributed by atoms with Crippen LogP contribution in [-0.4, -0.2) is 42.7 Å². The normalized spacial score (nSPS) is 15.2. The standard InChI is InChI=1S/C18H22N2OS.ClH/c1-20(16-8-10-19-11-9-16)18(21)13-22-17-7-6-14-4-2-3-5-15(14)12-17;/h2-7,12,16,19H,8-11,13H2,1H3;1H. The molecule has 2 aromatic carbocycles. The number of hydrogen-bond acceptors (Lipinski definition) is 3. The molecule has 0 saturated carbocycles. The number of thioether (sulfide) groups is 1. The van der Waals surface area contributed by atoms with Crippen molar-refractivity contribution in [1.82, 2.24) is 10.2 Å². The Bertz CT molecular complexity index is 658. The molecule has 1 amide bonds. The van der Waals surface area contributed by atoms with Crippen molar-refractivity contribution in [3.05, 3.63) is 42.5 Å². The van der Waals surface area contributed by atoms with E-state index in [1.165, 1.54) is 10.8 Å². The van der Waals surface area contributed by atoms with E-state index in [0.717, 1.165) is 30.8 Å². The summed E-state index contributed by atoms with van der Waals surface area (Å²) in [6.07, 6.45) is 2.12. The minimum Gasteiger partial charge on any atom is -0.342 e. The van der Waals surface area contributed by atoms with Gasteiger partial charge in [0.15, 0.2) is 0 Å². The Labute approximate surface area is 148 Å². The lowest BCUT2D eigenvalue weighted by atomic mass is 10.1. The number of nitrogens with zero attached hydrogens (tertiary/aromatic N) is 1. The van der Waals surface area contributed by atoms with Gasteiger partial charge in [0.05, 0.1) is 5.75 Å². The SMILES string of the molecule is CN(C(=O)CSc1ccc2ccccc2c1)C1CCNCC1.Cl. The van der Waals surface area contributed by atoms with Crippen molar-refractivity contribution >= 4 is 40.8 Å². The first-order valence-corrected chi connectivity index (χ1v) is 8.80. The van der Waals surface area contributed by atoms with E-state index >= 15 is 0 Å². The van der Waals surface area contributed by atoms with Crippen LogP contribution in [0, 0.1) is 0 Å². The molecule has 3 rings (SSSR count). The van der Waals surface area contributed by atoms with Crippen LogP contribution < -0.4 is 5.32 Å². The van der Waals surface area contributed by atoms with Gasteiger partial charge in [0.2, 0.25) is 5.91 Å². The Balaban J connectivity index is 0.00000192. The van der Waals surface area contributed by atoms with Crippen LogP contribution in [0.3, 0.4) is 0 Å². The Morgan fingerprint density at radius 3 is 2.61 bits per heavy atom. The highest BCUT2D eigenvalue weighted by atomic mass is 35.5. The van der Waals surface area contributed by atoms with Crippen molar-refractivity contribution in [1.29, 1.82) is 0 Å². The van der Waals surface area contributed by atoms with E-state index in [-0.39, 0.29) is 18.3 Å². The van der Waals surface area contributed by atoms with Crippen LogP contribution in [0.4, 0.5) is 0 Å². The molecule has 0 atom stereocenters. The van der Waals surface area contributed by atoms with Gasteiger partial charge in [-0.3, -0.25) is 4.79 Å². The van der Waals surface area contributed by atoms with Gasteiger partial charge in [0, 0.05) is 18.0 Å². The fraction of sp³-hybridized carbons (Fsp3) is 0.389. The first kappa shape index (κ1) is 18.1. The number of carbonyl (C=O) groups excluding carboxylic acids is 1. The molecule has 0 bridgehead atoms. The van der Waals surface area contributed by atoms with Gasteiger partial charge in [-0.05, 0) is 48.8 Å². The summed E-state index contributed by atoms with van der Waals surface area (Å²) in [4.78, 5) is 15.5. The van der Waals surface area contributed by atoms with Crippen molar-refractivity contribution in [3.8, 4) is 0 Å². The van der Waals surface area contributed by atoms with Crippen LogP contribution in [0.25, 0.3) is 10.8 Å². The summed E-state index contributed by atoms with van der Waals surface area (Å²) in [5.74, 6) is 0.740. The summed E-state index contributed by atoms with van der Waals surface area (Å²) in [5, 5.41) is 5.81. The molecule has 1 heterocycles. The maximum absolute atomic E-state index is 12.4. The fourth-order valence-electron chi connectivity index (χ4n) is 2.90. The number of fused-ring (bicyclic) bond motifs is 1. The maximum Gasteiger partial charge on any atom is 0.232 e. The van der Waals surface area contributed by atoms with Gasteiger partial charge in [-0.2, -0.15) is 0 Å². The zero-order chi connectivity index (χ0) is 15.4. The van der Waals surface area contributed by atoms with Crippen LogP contribution in [0.15, 0.2) is 47.4 Å². The number of rotatable bonds is 4. The van der Waals surface area contributed by atoms with Crippen LogP contribution >= 0.6 is 24.2 Å². The highest BCUT2D eigenvalue weighted by Crippen LogP contribution is 2.24. The Morgan fingerprint density at radius 2 is 1.87 bits per heavy atom. The molecule has 0 spiro atoms. The third kappa shape index (κ3) is 4.63. The van der Waals surface area contributed by atoms with Crippen molar-refractivity contribution in [3.63, 3.8) is 0 Å². The third-order valence-electron chi connectivity index (χ3n) is 4.33. The lowest BCUT2D eigenvalue weighted by Gasteiger charge is -2.31. The monoisotopic (exact) mass is 350 g/mol. The van der Waals surface area contributed by atoms with Crippen molar-refractivity contribution in [2.24, 2.45) is 0 Å². The molecule has 0 unspecified atom stereocenters. The molecule has 1 fully saturated rings. The van der Waals surface area contributed by atoms with Gasteiger partial charge < -0.3 is 10.2 Å². The molecule has 3 nitrogen and oxygen atoms in total. The highest BCUT2D eigenvalue weighted by Gasteiger charge is 2.21. The number of piperidine rings is 1. The summed E-state index contributed by atoms with van der Waals surface area (Å²) >= 11 is 1.63. The van der Waals surface area contributed by atoms with Crippen LogP contribution in [0.2, 0.25) is 0 Å². The second kappa shape index (κ2) is 8.57. The Kier molecular flexibility index (Phi) is 6.75. The van der Waals surface area contributed by atoms with Crippen molar-refractivity contribution < 1.29 is 4.79 Å². The van der Waals surface area contributed by atoms with E-state index in [1.807, 2.05) is 24.1 Å². The Hall–Kier alpha value is -1.23. The lowest BCUT2D eigenvalue weighted by Crippen LogP contribution is -2.44. The predicted octanol–water partition coefficient (Wildman–Crippen LogP) is 3.56. The smallest absolute Gasteiger partial charge is 0.232 e. The van der Waals surface area contributed by atoms with Crippen LogP contribution in [-0.2, 0) is 4.79 Å². The molecule has 0 aliphatic carbocycles. The third-order valence-corrected chi connectivity index (χ3v) is 5.31. The fourth-order valence-corrected chi connectivity index (χ4v) is 3.77. The predicted molar refractivity (Wildman–Crippen MR) is 101 cm³/mol. The molecular weight excluding hydrogens is 328 g/mol. The minimum atomic E-state index is 0. The highest BCUT2D eigenvalue weighted by molar-refractivity contribution is 8.00. The summed E-state index contributed by atoms with van der Waals surface area (Å²) in [7, 11) is 1.94. The zero-order valence-electron chi connectivity index (χ0n) is 13.3. The summed E-state index contributed by atoms with van der Waals surface area (Å²) in [6, 6.07) is 15.1. The molecular formula is C18H23ClN2OS. The topological polar surface area (TPSA) is 32.3 Å². The van der Waals surface area contributed by atoms with E-state index < -0.39 is 0 Å². The van der Waals surface area contributed by atoms with Crippen LogP contribution in [0.5, 0.6) is 0 Å². The molecule has 124 valence electrons. The lowest BCUT2D eigenvalue weighted by molar-refractivity contribution is -0.129. The second-order valence-electron chi connectivity index (χ2n) is 5.78. The molecule has 1 aliphatic rings. The van der Waals surface area contributed by atoms with E-state index in [9.17, 15) is 4.79 Å². The van der Waals surface area contributed by atoms with Crippen LogP contribution in [0.1, 0.15) is 12.8 Å². The first-order valence-electron chi connectivity index (χ1n) is 7.82. The van der Waals surface area contributed by atoms with Gasteiger partial charge in [-0.25, -0.2) is 0 Å². The number of carbonyl (C=O) groups is 1. The molecule has 1 N–H and O–H groups in total. The molecule has 5 heteroatoms. The van der Waals surface area contributed by atoms with Gasteiger partial charge in [0.1, 0.15) is 0 Å². The molecule has 23 heavy (non-hydrogen) atoms. The Morgan fingerprint density at radius 1 is 1.17 bits per heavy atom. The van der Waals surface area contributed by atoms with Gasteiger partial charge in [0.25, 0.3) is 0 Å². The number of nitrogens with one attached hydrogen (secondary N) is 1. The maximum atomic E-state index is 12.4. The van der Waals surface area contributed by atoms with Crippen molar-refractivity contribution in [2.45, 2.75) is 23.8 Å². The van der Waals surface area contributed by atoms with Gasteiger partial charge in [-0.15, -0.1) is 24.2 Å². The van der Waals surface area contributed by atoms with Gasteiger partial charge >= 0.3 is 0 Å². The van der Waals surface area contributed by atoms with E-state index in [0.29, 0.717) is 11.8 Å². The number of halogens is 1. The summed E-state index contributed by atoms with van der Waals surface area (Å²) in [5.41, 5.74) is 0. The van der Waals surface area contributed by atoms with E-state index in [4.69, 9.17) is 0 Å². The number of amides is 1.